The van der Waals surface area contributed by atoms with Gasteiger partial charge in [-0.05, 0) is 43.7 Å². The van der Waals surface area contributed by atoms with Crippen LogP contribution in [0.25, 0.3) is 10.2 Å². The fourth-order valence-electron chi connectivity index (χ4n) is 2.22. The van der Waals surface area contributed by atoms with Crippen LogP contribution in [0.1, 0.15) is 16.0 Å². The van der Waals surface area contributed by atoms with Crippen molar-refractivity contribution in [2.75, 3.05) is 11.1 Å². The molecule has 0 aliphatic rings. The molecule has 3 aromatic rings. The number of nitrogens with zero attached hydrogens (tertiary/aromatic N) is 3. The molecule has 0 spiro atoms. The lowest BCUT2D eigenvalue weighted by Gasteiger charge is -2.06. The Morgan fingerprint density at radius 1 is 1.29 bits per heavy atom. The first-order valence-electron chi connectivity index (χ1n) is 7.22. The van der Waals surface area contributed by atoms with Crippen molar-refractivity contribution in [2.24, 2.45) is 0 Å². The van der Waals surface area contributed by atoms with Gasteiger partial charge in [-0.25, -0.2) is 9.97 Å². The normalized spacial score (nSPS) is 10.5. The molecule has 0 radical (unpaired) electrons. The highest BCUT2D eigenvalue weighted by Gasteiger charge is 2.13. The third-order valence-corrected chi connectivity index (χ3v) is 5.67. The summed E-state index contributed by atoms with van der Waals surface area (Å²) in [6, 6.07) is 8.84. The van der Waals surface area contributed by atoms with Gasteiger partial charge in [0.1, 0.15) is 16.2 Å². The zero-order valence-electron chi connectivity index (χ0n) is 13.2. The summed E-state index contributed by atoms with van der Waals surface area (Å²) in [6.45, 7) is 4.12. The third-order valence-electron chi connectivity index (χ3n) is 3.57. The highest BCUT2D eigenvalue weighted by Crippen LogP contribution is 2.34. The first-order chi connectivity index (χ1) is 11.6. The summed E-state index contributed by atoms with van der Waals surface area (Å²) in [6.07, 6.45) is 1.54. The summed E-state index contributed by atoms with van der Waals surface area (Å²) in [5, 5.41) is 13.5. The molecule has 0 fully saturated rings. The summed E-state index contributed by atoms with van der Waals surface area (Å²) in [4.78, 5) is 22.9. The second-order valence-corrected chi connectivity index (χ2v) is 7.34. The zero-order chi connectivity index (χ0) is 17.1. The van der Waals surface area contributed by atoms with Crippen LogP contribution in [0.5, 0.6) is 0 Å². The molecule has 24 heavy (non-hydrogen) atoms. The van der Waals surface area contributed by atoms with Gasteiger partial charge in [0.05, 0.1) is 17.4 Å². The number of aryl methyl sites for hydroxylation is 2. The Morgan fingerprint density at radius 2 is 2.04 bits per heavy atom. The van der Waals surface area contributed by atoms with Gasteiger partial charge >= 0.3 is 0 Å². The monoisotopic (exact) mass is 354 g/mol. The Hall–Kier alpha value is -2.43. The van der Waals surface area contributed by atoms with Gasteiger partial charge in [-0.2, -0.15) is 5.26 Å². The second kappa shape index (κ2) is 6.99. The number of thioether (sulfide) groups is 1. The fourth-order valence-corrected chi connectivity index (χ4v) is 4.14. The maximum Gasteiger partial charge on any atom is 0.234 e. The number of hydrogen-bond acceptors (Lipinski definition) is 6. The first-order valence-corrected chi connectivity index (χ1v) is 9.02. The van der Waals surface area contributed by atoms with Gasteiger partial charge in [-0.15, -0.1) is 11.3 Å². The molecule has 0 saturated carbocycles. The molecule has 0 bridgehead atoms. The van der Waals surface area contributed by atoms with E-state index in [1.807, 2.05) is 6.07 Å². The Bertz CT molecular complexity index is 942. The van der Waals surface area contributed by atoms with Crippen LogP contribution in [0.3, 0.4) is 0 Å². The van der Waals surface area contributed by atoms with Crippen LogP contribution >= 0.6 is 23.1 Å². The van der Waals surface area contributed by atoms with Gasteiger partial charge in [0.2, 0.25) is 5.91 Å². The number of rotatable bonds is 4. The Kier molecular flexibility index (Phi) is 4.79. The predicted octanol–water partition coefficient (Wildman–Crippen LogP) is 3.91. The Balaban J connectivity index is 1.69. The molecule has 1 N–H and O–H groups in total. The van der Waals surface area contributed by atoms with E-state index in [1.165, 1.54) is 22.2 Å². The van der Waals surface area contributed by atoms with Crippen molar-refractivity contribution in [2.45, 2.75) is 18.9 Å². The molecule has 1 aromatic carbocycles. The molecule has 5 nitrogen and oxygen atoms in total. The Morgan fingerprint density at radius 3 is 2.75 bits per heavy atom. The number of carbonyl (C=O) groups excluding carboxylic acids is 1. The van der Waals surface area contributed by atoms with Crippen molar-refractivity contribution in [1.82, 2.24) is 9.97 Å². The maximum atomic E-state index is 12.1. The lowest BCUT2D eigenvalue weighted by atomic mass is 10.2. The van der Waals surface area contributed by atoms with Crippen LogP contribution in [-0.2, 0) is 4.79 Å². The molecule has 7 heteroatoms. The average Bonchev–Trinajstić information content (AvgIpc) is 2.89. The fraction of sp³-hybridized carbons (Fsp3) is 0.176. The molecule has 0 atom stereocenters. The van der Waals surface area contributed by atoms with E-state index in [0.717, 1.165) is 15.2 Å². The van der Waals surface area contributed by atoms with Crippen molar-refractivity contribution >= 4 is 44.9 Å². The van der Waals surface area contributed by atoms with Crippen LogP contribution < -0.4 is 5.32 Å². The van der Waals surface area contributed by atoms with E-state index in [0.29, 0.717) is 11.3 Å². The van der Waals surface area contributed by atoms with Gasteiger partial charge in [0.25, 0.3) is 0 Å². The lowest BCUT2D eigenvalue weighted by Crippen LogP contribution is -2.14. The van der Waals surface area contributed by atoms with Gasteiger partial charge in [-0.3, -0.25) is 4.79 Å². The van der Waals surface area contributed by atoms with Crippen LogP contribution in [0, 0.1) is 25.2 Å². The number of carbonyl (C=O) groups is 1. The van der Waals surface area contributed by atoms with Crippen LogP contribution in [0.2, 0.25) is 0 Å². The summed E-state index contributed by atoms with van der Waals surface area (Å²) in [5.41, 5.74) is 2.41. The highest BCUT2D eigenvalue weighted by atomic mass is 32.2. The van der Waals surface area contributed by atoms with Crippen LogP contribution in [0.15, 0.2) is 35.6 Å². The molecule has 1 amide bonds. The zero-order valence-corrected chi connectivity index (χ0v) is 14.8. The maximum absolute atomic E-state index is 12.1. The summed E-state index contributed by atoms with van der Waals surface area (Å²) in [7, 11) is 0. The van der Waals surface area contributed by atoms with Crippen molar-refractivity contribution in [3.63, 3.8) is 0 Å². The minimum atomic E-state index is -0.110. The van der Waals surface area contributed by atoms with E-state index >= 15 is 0 Å². The standard InChI is InChI=1S/C17H14N4OS2/c1-10-11(2)24-17-15(10)16(19-9-20-17)23-8-14(22)21-13-5-3-12(7-18)4-6-13/h3-6,9H,8H2,1-2H3,(H,21,22). The predicted molar refractivity (Wildman–Crippen MR) is 97.4 cm³/mol. The van der Waals surface area contributed by atoms with E-state index in [1.54, 1.807) is 41.9 Å². The largest absolute Gasteiger partial charge is 0.325 e. The molecule has 2 aromatic heterocycles. The molecule has 120 valence electrons. The molecule has 0 unspecified atom stereocenters. The van der Waals surface area contributed by atoms with E-state index in [2.05, 4.69) is 29.1 Å². The number of thiophene rings is 1. The molecular weight excluding hydrogens is 340 g/mol. The smallest absolute Gasteiger partial charge is 0.234 e. The molecule has 3 rings (SSSR count). The van der Waals surface area contributed by atoms with Crippen molar-refractivity contribution in [1.29, 1.82) is 5.26 Å². The topological polar surface area (TPSA) is 78.7 Å². The van der Waals surface area contributed by atoms with Gasteiger partial charge in [0, 0.05) is 16.0 Å². The Labute approximate surface area is 147 Å². The molecule has 0 saturated heterocycles. The van der Waals surface area contributed by atoms with E-state index in [4.69, 9.17) is 5.26 Å². The number of amides is 1. The second-order valence-electron chi connectivity index (χ2n) is 5.17. The molecule has 2 heterocycles. The number of benzene rings is 1. The number of nitriles is 1. The van der Waals surface area contributed by atoms with Gasteiger partial charge in [0.15, 0.2) is 0 Å². The quantitative estimate of drug-likeness (QED) is 0.568. The SMILES string of the molecule is Cc1sc2ncnc(SCC(=O)Nc3ccc(C#N)cc3)c2c1C. The summed E-state index contributed by atoms with van der Waals surface area (Å²) in [5.74, 6) is 0.154. The number of aromatic nitrogens is 2. The third kappa shape index (κ3) is 3.40. The number of nitrogens with one attached hydrogen (secondary N) is 1. The van der Waals surface area contributed by atoms with Crippen LogP contribution in [0.4, 0.5) is 5.69 Å². The lowest BCUT2D eigenvalue weighted by molar-refractivity contribution is -0.113. The minimum absolute atomic E-state index is 0.110. The van der Waals surface area contributed by atoms with Crippen molar-refractivity contribution < 1.29 is 4.79 Å². The van der Waals surface area contributed by atoms with E-state index in [9.17, 15) is 4.79 Å². The van der Waals surface area contributed by atoms with Crippen LogP contribution in [-0.4, -0.2) is 21.6 Å². The number of fused-ring (bicyclic) bond motifs is 1. The summed E-state index contributed by atoms with van der Waals surface area (Å²) >= 11 is 3.05. The average molecular weight is 354 g/mol. The van der Waals surface area contributed by atoms with E-state index in [-0.39, 0.29) is 11.7 Å². The highest BCUT2D eigenvalue weighted by molar-refractivity contribution is 8.00. The molecule has 0 aliphatic carbocycles. The van der Waals surface area contributed by atoms with E-state index < -0.39 is 0 Å². The first kappa shape index (κ1) is 16.4. The number of hydrogen-bond donors (Lipinski definition) is 1. The van der Waals surface area contributed by atoms with Crippen molar-refractivity contribution in [3.05, 3.63) is 46.6 Å². The summed E-state index contributed by atoms with van der Waals surface area (Å²) < 4.78 is 0. The van der Waals surface area contributed by atoms with Gasteiger partial charge in [-0.1, -0.05) is 11.8 Å². The molecule has 0 aliphatic heterocycles. The van der Waals surface area contributed by atoms with Gasteiger partial charge < -0.3 is 5.32 Å². The molecular formula is C17H14N4OS2. The minimum Gasteiger partial charge on any atom is -0.325 e. The number of anilines is 1. The van der Waals surface area contributed by atoms with Crippen molar-refractivity contribution in [3.8, 4) is 6.07 Å².